The van der Waals surface area contributed by atoms with E-state index < -0.39 is 218 Å². The number of imidazole rings is 2. The first kappa shape index (κ1) is 71.9. The Hall–Kier alpha value is -1.38. The number of carboxylic acids is 2. The van der Waals surface area contributed by atoms with Crippen molar-refractivity contribution in [1.29, 1.82) is 0 Å². The van der Waals surface area contributed by atoms with Crippen LogP contribution < -0.4 is 150 Å². The summed E-state index contributed by atoms with van der Waals surface area (Å²) in [5.41, 5.74) is 11.9. The Morgan fingerprint density at radius 2 is 0.880 bits per heavy atom. The number of carbonyl (C=O) groups is 4. The fourth-order valence-electron chi connectivity index (χ4n) is 8.01. The molecule has 0 aliphatic carbocycles. The van der Waals surface area contributed by atoms with Gasteiger partial charge in [0.2, 0.25) is 0 Å². The summed E-state index contributed by atoms with van der Waals surface area (Å²) in [7, 11) is -22.9. The molecular formula is C40H54N10Na4O34P4. The van der Waals surface area contributed by atoms with Crippen LogP contribution in [0.1, 0.15) is 61.8 Å². The van der Waals surface area contributed by atoms with Gasteiger partial charge in [-0.1, -0.05) is 0 Å². The molecule has 8 heterocycles. The van der Waals surface area contributed by atoms with Crippen molar-refractivity contribution < 1.29 is 292 Å². The van der Waals surface area contributed by atoms with Crippen molar-refractivity contribution in [2.24, 2.45) is 0 Å². The predicted molar refractivity (Wildman–Crippen MR) is 263 cm³/mol. The summed E-state index contributed by atoms with van der Waals surface area (Å²) in [6, 6.07) is 0. The van der Waals surface area contributed by atoms with E-state index in [0.29, 0.717) is 0 Å². The molecule has 4 aromatic heterocycles. The third-order valence-corrected chi connectivity index (χ3v) is 17.2. The average Bonchev–Trinajstić information content (AvgIpc) is 1.62. The molecule has 8 rings (SSSR count). The third-order valence-electron chi connectivity index (χ3n) is 12.0. The summed E-state index contributed by atoms with van der Waals surface area (Å²) in [6.45, 7) is -4.61. The van der Waals surface area contributed by atoms with Crippen LogP contribution in [0.4, 0.5) is 11.6 Å². The normalized spacial score (nSPS) is 32.0. The molecule has 0 bridgehead atoms. The number of anilines is 2. The molecular weight excluding hydrogens is 1380 g/mol. The Bertz CT molecular complexity index is 3730. The van der Waals surface area contributed by atoms with E-state index in [0.717, 1.165) is 25.3 Å². The number of nitrogens with two attached hydrogens (primary N) is 2. The van der Waals surface area contributed by atoms with E-state index in [-0.39, 0.29) is 152 Å². The Labute approximate surface area is 615 Å². The van der Waals surface area contributed by atoms with Crippen LogP contribution in [-0.2, 0) is 92.6 Å². The van der Waals surface area contributed by atoms with Crippen LogP contribution in [0, 0.1) is 0 Å². The number of rotatable bonds is 28. The number of nitrogens with zero attached hydrogens (tertiary/aromatic N) is 8. The SMILES string of the molecule is [2H]C([2H])(CC([2H])([2H])C(=O)O[C@@H]1[C@@H](COP(=O)([O-])OP(=O)(O)OC[C@H]2O[C@@H](n3cnc4c(N)ncnc43)[C@H](O)[C@@H]2O)OC(O)[C@@H]1O)C(=O)[O-].[2H]C([2H])(CC([2H])([2H])C(=O)O[C@H]1C(O)O[C@H](COP(=O)(O)OP(=O)([O-])OC[C@H]2O[C@@H](n3cnc4c(N)ncnc43)[C@H](O)[C@@H]2O)[C@H]1O)C(=O)[O-].[Na+].[Na+].[Na+].[Na+]. The number of nitrogen functional groups attached to an aromatic ring is 2. The summed E-state index contributed by atoms with van der Waals surface area (Å²) in [5.74, 6) is -8.55. The molecule has 4 aliphatic rings. The van der Waals surface area contributed by atoms with Crippen molar-refractivity contribution in [2.75, 3.05) is 37.9 Å². The number of hydrogen-bond acceptors (Lipinski definition) is 40. The van der Waals surface area contributed by atoms with Crippen LogP contribution in [0.2, 0.25) is 0 Å². The zero-order chi connectivity index (χ0) is 72.0. The smallest absolute Gasteiger partial charge is 0.756 e. The van der Waals surface area contributed by atoms with E-state index in [1.54, 1.807) is 0 Å². The van der Waals surface area contributed by atoms with Gasteiger partial charge in [0.15, 0.2) is 60.2 Å². The number of aliphatic hydroxyl groups is 8. The number of aliphatic hydroxyl groups excluding tert-OH is 8. The minimum absolute atomic E-state index is 0. The molecule has 4 aromatic rings. The van der Waals surface area contributed by atoms with Crippen LogP contribution in [0.3, 0.4) is 0 Å². The Morgan fingerprint density at radius 3 is 1.29 bits per heavy atom. The number of fused-ring (bicyclic) bond motifs is 2. The number of esters is 2. The number of aromatic nitrogens is 8. The maximum Gasteiger partial charge on any atom is 1.00 e. The number of carbonyl (C=O) groups excluding carboxylic acids is 4. The summed E-state index contributed by atoms with van der Waals surface area (Å²) in [5, 5.41) is 104. The van der Waals surface area contributed by atoms with Crippen molar-refractivity contribution in [3.63, 3.8) is 0 Å². The quantitative estimate of drug-likeness (QED) is 0.0143. The summed E-state index contributed by atoms with van der Waals surface area (Å²) < 4.78 is 167. The number of hydrogen-bond donors (Lipinski definition) is 12. The monoisotopic (exact) mass is 1440 g/mol. The van der Waals surface area contributed by atoms with Crippen molar-refractivity contribution in [3.8, 4) is 0 Å². The maximum absolute atomic E-state index is 12.4. The molecule has 0 saturated carbocycles. The fourth-order valence-corrected chi connectivity index (χ4v) is 12.1. The van der Waals surface area contributed by atoms with Gasteiger partial charge in [-0.3, -0.25) is 36.9 Å². The summed E-state index contributed by atoms with van der Waals surface area (Å²) in [6.07, 6.45) is -41.3. The molecule has 14 N–H and O–H groups in total. The number of phosphoric acid groups is 4. The largest absolute Gasteiger partial charge is 1.00 e. The standard InChI is InChI=1S/2C20H29N5O17P2.4Na/c21-17-12-18(23-6-22-17)25(7-24-12)19-14(30)13(29)8(39-19)4-37-43(33,34)42-44(35,36)38-5-9-16(15(31)20(32)40-9)41-11(28)3-1-2-10(26)27;21-17-12-18(23-6-22-17)25(7-24-12)19-15(31)13(29)8(39-19)4-37-43(33,34)42-44(35,36)38-5-9-14(30)16(20(32)40-9)41-11(28)3-1-2-10(26)27;;;;/h2*6-9,13-16,19-20,29-32H,1-5H2,(H,26,27)(H,33,34)(H,35,36)(H2,21,22,23);;;;/q;;4*+1/p-4/t2*8-,9-,13-,14-,15-,16-,19-,20?;;;;/m11..../s1/i2*2D2,3D2;;;;. The Balaban J connectivity index is 0.000000500. The van der Waals surface area contributed by atoms with Crippen LogP contribution in [0.25, 0.3) is 22.3 Å². The van der Waals surface area contributed by atoms with Gasteiger partial charge in [-0.2, -0.15) is 0 Å². The molecule has 0 spiro atoms. The van der Waals surface area contributed by atoms with Gasteiger partial charge in [-0.15, -0.1) is 0 Å². The molecule has 0 amide bonds. The molecule has 4 saturated heterocycles. The van der Waals surface area contributed by atoms with E-state index in [1.807, 2.05) is 0 Å². The Morgan fingerprint density at radius 1 is 0.511 bits per heavy atom. The number of ether oxygens (including phenoxy) is 6. The van der Waals surface area contributed by atoms with E-state index in [4.69, 9.17) is 46.1 Å². The second-order valence-electron chi connectivity index (χ2n) is 17.9. The zero-order valence-electron chi connectivity index (χ0n) is 55.6. The predicted octanol–water partition coefficient (Wildman–Crippen LogP) is -20.9. The van der Waals surface area contributed by atoms with Crippen molar-refractivity contribution in [2.45, 2.75) is 137 Å². The zero-order valence-corrected chi connectivity index (χ0v) is 59.2. The van der Waals surface area contributed by atoms with Gasteiger partial charge >= 0.3 is 146 Å². The van der Waals surface area contributed by atoms with Gasteiger partial charge in [0, 0.05) is 35.7 Å². The van der Waals surface area contributed by atoms with Crippen molar-refractivity contribution >= 4 is 89.1 Å². The molecule has 20 atom stereocenters. The minimum Gasteiger partial charge on any atom is -0.756 e. The molecule has 0 aromatic carbocycles. The van der Waals surface area contributed by atoms with Gasteiger partial charge in [0.25, 0.3) is 15.6 Å². The fraction of sp³-hybridized carbons (Fsp3) is 0.650. The molecule has 4 aliphatic heterocycles. The average molecular weight is 1440 g/mol. The van der Waals surface area contributed by atoms with Crippen molar-refractivity contribution in [3.05, 3.63) is 25.3 Å². The number of phosphoric ester groups is 4. The molecule has 4 fully saturated rings. The molecule has 44 nitrogen and oxygen atoms in total. The maximum atomic E-state index is 12.4. The molecule has 92 heavy (non-hydrogen) atoms. The molecule has 52 heteroatoms. The molecule has 0 radical (unpaired) electrons. The van der Waals surface area contributed by atoms with Crippen LogP contribution >= 0.6 is 31.3 Å². The van der Waals surface area contributed by atoms with E-state index in [1.165, 1.54) is 9.13 Å². The first-order valence-electron chi connectivity index (χ1n) is 28.2. The third kappa shape index (κ3) is 22.8. The van der Waals surface area contributed by atoms with Gasteiger partial charge in [0.05, 0.1) is 39.1 Å². The Kier molecular flexibility index (Phi) is 28.6. The van der Waals surface area contributed by atoms with E-state index in [2.05, 4.69) is 61.4 Å². The van der Waals surface area contributed by atoms with Gasteiger partial charge in [-0.25, -0.2) is 47.7 Å². The second kappa shape index (κ2) is 36.6. The van der Waals surface area contributed by atoms with Crippen LogP contribution in [0.5, 0.6) is 0 Å². The summed E-state index contributed by atoms with van der Waals surface area (Å²) in [4.78, 5) is 114. The van der Waals surface area contributed by atoms with Crippen LogP contribution in [-0.4, -0.2) is 226 Å². The van der Waals surface area contributed by atoms with Gasteiger partial charge < -0.3 is 129 Å². The van der Waals surface area contributed by atoms with Crippen LogP contribution in [0.15, 0.2) is 25.3 Å². The first-order valence-corrected chi connectivity index (χ1v) is 30.1. The van der Waals surface area contributed by atoms with E-state index >= 15 is 0 Å². The molecule has 492 valence electrons. The summed E-state index contributed by atoms with van der Waals surface area (Å²) >= 11 is 0. The number of aliphatic carboxylic acids is 2. The van der Waals surface area contributed by atoms with Gasteiger partial charge in [-0.05, 0) is 25.6 Å². The minimum atomic E-state index is -5.87. The first-order chi connectivity index (χ1) is 44.1. The van der Waals surface area contributed by atoms with Crippen molar-refractivity contribution in [1.82, 2.24) is 39.0 Å². The second-order valence-corrected chi connectivity index (χ2v) is 23.9. The van der Waals surface area contributed by atoms with E-state index in [9.17, 15) is 108 Å². The topological polar surface area (TPSA) is 681 Å². The number of carboxylic acid groups (broad SMARTS) is 2. The molecule has 6 unspecified atom stereocenters. The van der Waals surface area contributed by atoms with Gasteiger partial charge in [0.1, 0.15) is 84.7 Å².